The van der Waals surface area contributed by atoms with E-state index in [1.165, 1.54) is 5.56 Å². The van der Waals surface area contributed by atoms with Crippen LogP contribution in [0.1, 0.15) is 32.0 Å². The summed E-state index contributed by atoms with van der Waals surface area (Å²) >= 11 is 0. The Kier molecular flexibility index (Phi) is 5.14. The number of aromatic nitrogens is 2. The number of rotatable bonds is 6. The van der Waals surface area contributed by atoms with E-state index < -0.39 is 0 Å². The van der Waals surface area contributed by atoms with Crippen LogP contribution in [-0.2, 0) is 6.42 Å². The molecule has 2 rings (SSSR count). The van der Waals surface area contributed by atoms with E-state index in [0.717, 1.165) is 35.8 Å². The van der Waals surface area contributed by atoms with Gasteiger partial charge in [0.05, 0.1) is 12.2 Å². The van der Waals surface area contributed by atoms with E-state index in [1.54, 1.807) is 0 Å². The lowest BCUT2D eigenvalue weighted by atomic mass is 10.1. The van der Waals surface area contributed by atoms with Gasteiger partial charge in [0, 0.05) is 17.8 Å². The highest BCUT2D eigenvalue weighted by Gasteiger charge is 2.14. The molecular weight excluding hydrogens is 262 g/mol. The van der Waals surface area contributed by atoms with E-state index in [0.29, 0.717) is 12.4 Å². The number of aryl methyl sites for hydroxylation is 1. The smallest absolute Gasteiger partial charge is 0.165 e. The molecule has 4 heteroatoms. The molecular formula is C17H23N3O. The summed E-state index contributed by atoms with van der Waals surface area (Å²) in [6.07, 6.45) is 0.918. The molecule has 0 bridgehead atoms. The number of benzene rings is 1. The molecule has 0 aliphatic carbocycles. The molecule has 1 aromatic heterocycles. The Hall–Kier alpha value is -2.10. The van der Waals surface area contributed by atoms with Crippen molar-refractivity contribution in [2.24, 2.45) is 0 Å². The van der Waals surface area contributed by atoms with Gasteiger partial charge in [-0.3, -0.25) is 0 Å². The van der Waals surface area contributed by atoms with Crippen LogP contribution in [0.2, 0.25) is 0 Å². The minimum absolute atomic E-state index is 0.628. The van der Waals surface area contributed by atoms with Crippen molar-refractivity contribution in [2.45, 2.75) is 34.1 Å². The summed E-state index contributed by atoms with van der Waals surface area (Å²) in [4.78, 5) is 9.37. The van der Waals surface area contributed by atoms with Gasteiger partial charge in [-0.15, -0.1) is 0 Å². The molecule has 0 aliphatic rings. The Balaban J connectivity index is 2.54. The molecule has 0 fully saturated rings. The first kappa shape index (κ1) is 15.3. The van der Waals surface area contributed by atoms with E-state index in [9.17, 15) is 0 Å². The Bertz CT molecular complexity index is 611. The summed E-state index contributed by atoms with van der Waals surface area (Å²) in [5, 5.41) is 3.34. The van der Waals surface area contributed by atoms with Gasteiger partial charge in [0.15, 0.2) is 5.82 Å². The highest BCUT2D eigenvalue weighted by Crippen LogP contribution is 2.29. The lowest BCUT2D eigenvalue weighted by molar-refractivity contribution is 0.341. The van der Waals surface area contributed by atoms with Crippen molar-refractivity contribution < 1.29 is 4.74 Å². The summed E-state index contributed by atoms with van der Waals surface area (Å²) in [5.41, 5.74) is 3.13. The van der Waals surface area contributed by atoms with Crippen molar-refractivity contribution in [1.82, 2.24) is 9.97 Å². The van der Waals surface area contributed by atoms with Crippen molar-refractivity contribution in [2.75, 3.05) is 18.5 Å². The quantitative estimate of drug-likeness (QED) is 0.876. The number of hydrogen-bond donors (Lipinski definition) is 1. The van der Waals surface area contributed by atoms with Gasteiger partial charge in [0.2, 0.25) is 0 Å². The third kappa shape index (κ3) is 3.32. The predicted molar refractivity (Wildman–Crippen MR) is 86.9 cm³/mol. The SMILES string of the molecule is CCNc1nc(-c2ccccc2OCC)nc(C)c1CC. The molecule has 112 valence electrons. The van der Waals surface area contributed by atoms with Crippen LogP contribution in [0, 0.1) is 6.92 Å². The highest BCUT2D eigenvalue weighted by atomic mass is 16.5. The molecule has 4 nitrogen and oxygen atoms in total. The topological polar surface area (TPSA) is 47.0 Å². The van der Waals surface area contributed by atoms with Gasteiger partial charge in [0.1, 0.15) is 11.6 Å². The van der Waals surface area contributed by atoms with Crippen LogP contribution in [0.5, 0.6) is 5.75 Å². The molecule has 0 saturated carbocycles. The molecule has 0 saturated heterocycles. The van der Waals surface area contributed by atoms with Crippen molar-refractivity contribution >= 4 is 5.82 Å². The zero-order chi connectivity index (χ0) is 15.2. The molecule has 2 aromatic rings. The van der Waals surface area contributed by atoms with E-state index in [2.05, 4.69) is 24.1 Å². The van der Waals surface area contributed by atoms with Gasteiger partial charge in [-0.05, 0) is 39.3 Å². The van der Waals surface area contributed by atoms with E-state index in [-0.39, 0.29) is 0 Å². The van der Waals surface area contributed by atoms with Crippen LogP contribution in [-0.4, -0.2) is 23.1 Å². The summed E-state index contributed by atoms with van der Waals surface area (Å²) in [7, 11) is 0. The third-order valence-electron chi connectivity index (χ3n) is 3.34. The minimum Gasteiger partial charge on any atom is -0.493 e. The molecule has 1 N–H and O–H groups in total. The zero-order valence-electron chi connectivity index (χ0n) is 13.2. The molecule has 0 spiro atoms. The van der Waals surface area contributed by atoms with Crippen molar-refractivity contribution in [3.63, 3.8) is 0 Å². The Morgan fingerprint density at radius 3 is 2.52 bits per heavy atom. The van der Waals surface area contributed by atoms with Crippen molar-refractivity contribution in [1.29, 1.82) is 0 Å². The van der Waals surface area contributed by atoms with Crippen LogP contribution in [0.15, 0.2) is 24.3 Å². The first-order valence-corrected chi connectivity index (χ1v) is 7.54. The second-order valence-electron chi connectivity index (χ2n) is 4.77. The first-order chi connectivity index (χ1) is 10.2. The molecule has 0 aliphatic heterocycles. The Labute approximate surface area is 126 Å². The van der Waals surface area contributed by atoms with Gasteiger partial charge >= 0.3 is 0 Å². The summed E-state index contributed by atoms with van der Waals surface area (Å²) in [5.74, 6) is 2.46. The fourth-order valence-corrected chi connectivity index (χ4v) is 2.39. The maximum Gasteiger partial charge on any atom is 0.165 e. The molecule has 1 heterocycles. The van der Waals surface area contributed by atoms with Crippen LogP contribution in [0.4, 0.5) is 5.82 Å². The number of hydrogen-bond acceptors (Lipinski definition) is 4. The molecule has 0 amide bonds. The number of para-hydroxylation sites is 1. The predicted octanol–water partition coefficient (Wildman–Crippen LogP) is 3.84. The Morgan fingerprint density at radius 2 is 1.86 bits per heavy atom. The van der Waals surface area contributed by atoms with E-state index in [4.69, 9.17) is 9.72 Å². The molecule has 0 atom stereocenters. The standard InChI is InChI=1S/C17H23N3O/c1-5-13-12(4)19-17(20-16(13)18-6-2)14-10-8-9-11-15(14)21-7-3/h8-11H,5-7H2,1-4H3,(H,18,19,20). The van der Waals surface area contributed by atoms with Crippen LogP contribution in [0.25, 0.3) is 11.4 Å². The Morgan fingerprint density at radius 1 is 1.10 bits per heavy atom. The van der Waals surface area contributed by atoms with E-state index >= 15 is 0 Å². The van der Waals surface area contributed by atoms with Gasteiger partial charge < -0.3 is 10.1 Å². The molecule has 0 radical (unpaired) electrons. The summed E-state index contributed by atoms with van der Waals surface area (Å²) in [6.45, 7) is 9.69. The van der Waals surface area contributed by atoms with Crippen molar-refractivity contribution in [3.05, 3.63) is 35.5 Å². The second-order valence-corrected chi connectivity index (χ2v) is 4.77. The van der Waals surface area contributed by atoms with Crippen molar-refractivity contribution in [3.8, 4) is 17.1 Å². The average Bonchev–Trinajstić information content (AvgIpc) is 2.48. The average molecular weight is 285 g/mol. The third-order valence-corrected chi connectivity index (χ3v) is 3.34. The van der Waals surface area contributed by atoms with Gasteiger partial charge in [-0.2, -0.15) is 0 Å². The van der Waals surface area contributed by atoms with E-state index in [1.807, 2.05) is 38.1 Å². The normalized spacial score (nSPS) is 10.5. The summed E-state index contributed by atoms with van der Waals surface area (Å²) in [6, 6.07) is 7.91. The molecule has 21 heavy (non-hydrogen) atoms. The molecule has 1 aromatic carbocycles. The van der Waals surface area contributed by atoms with Crippen LogP contribution < -0.4 is 10.1 Å². The maximum atomic E-state index is 5.69. The summed E-state index contributed by atoms with van der Waals surface area (Å²) < 4.78 is 5.69. The fraction of sp³-hybridized carbons (Fsp3) is 0.412. The maximum absolute atomic E-state index is 5.69. The zero-order valence-corrected chi connectivity index (χ0v) is 13.2. The van der Waals surface area contributed by atoms with Crippen LogP contribution in [0.3, 0.4) is 0 Å². The minimum atomic E-state index is 0.628. The monoisotopic (exact) mass is 285 g/mol. The fourth-order valence-electron chi connectivity index (χ4n) is 2.39. The first-order valence-electron chi connectivity index (χ1n) is 7.54. The molecule has 0 unspecified atom stereocenters. The largest absolute Gasteiger partial charge is 0.493 e. The van der Waals surface area contributed by atoms with Gasteiger partial charge in [-0.1, -0.05) is 19.1 Å². The second kappa shape index (κ2) is 7.07. The number of nitrogens with zero attached hydrogens (tertiary/aromatic N) is 2. The lowest BCUT2D eigenvalue weighted by Gasteiger charge is -2.14. The highest BCUT2D eigenvalue weighted by molar-refractivity contribution is 5.66. The lowest BCUT2D eigenvalue weighted by Crippen LogP contribution is -2.08. The number of anilines is 1. The van der Waals surface area contributed by atoms with Gasteiger partial charge in [0.25, 0.3) is 0 Å². The van der Waals surface area contributed by atoms with Gasteiger partial charge in [-0.25, -0.2) is 9.97 Å². The number of ether oxygens (including phenoxy) is 1. The number of nitrogens with one attached hydrogen (secondary N) is 1. The van der Waals surface area contributed by atoms with Crippen LogP contribution >= 0.6 is 0 Å².